The van der Waals surface area contributed by atoms with Crippen LogP contribution in [-0.4, -0.2) is 24.4 Å². The Balaban J connectivity index is 1.89. The van der Waals surface area contributed by atoms with E-state index in [1.807, 2.05) is 36.2 Å². The highest BCUT2D eigenvalue weighted by Gasteiger charge is 2.27. The summed E-state index contributed by atoms with van der Waals surface area (Å²) in [5.74, 6) is 1.03. The van der Waals surface area contributed by atoms with E-state index in [1.54, 1.807) is 0 Å². The van der Waals surface area contributed by atoms with Gasteiger partial charge in [-0.05, 0) is 55.8 Å². The molecule has 110 valence electrons. The van der Waals surface area contributed by atoms with E-state index in [0.717, 1.165) is 37.8 Å². The van der Waals surface area contributed by atoms with E-state index < -0.39 is 0 Å². The predicted molar refractivity (Wildman–Crippen MR) is 82.4 cm³/mol. The van der Waals surface area contributed by atoms with Gasteiger partial charge >= 0.3 is 0 Å². The normalized spacial score (nSPS) is 22.6. The lowest BCUT2D eigenvalue weighted by molar-refractivity contribution is -0.136. The van der Waals surface area contributed by atoms with Gasteiger partial charge < -0.3 is 10.6 Å². The van der Waals surface area contributed by atoms with Crippen LogP contribution in [0.2, 0.25) is 5.02 Å². The highest BCUT2D eigenvalue weighted by atomic mass is 35.5. The van der Waals surface area contributed by atoms with Crippen molar-refractivity contribution in [2.45, 2.75) is 32.2 Å². The molecule has 20 heavy (non-hydrogen) atoms. The smallest absolute Gasteiger partial charge is 0.225 e. The zero-order valence-electron chi connectivity index (χ0n) is 12.0. The second-order valence-electron chi connectivity index (χ2n) is 5.78. The van der Waals surface area contributed by atoms with Crippen LogP contribution in [0.1, 0.15) is 31.2 Å². The summed E-state index contributed by atoms with van der Waals surface area (Å²) in [5.41, 5.74) is 6.77. The predicted octanol–water partition coefficient (Wildman–Crippen LogP) is 3.06. The number of nitrogens with zero attached hydrogens (tertiary/aromatic N) is 1. The fraction of sp³-hybridized carbons (Fsp3) is 0.562. The molecular weight excluding hydrogens is 272 g/mol. The number of benzene rings is 1. The Bertz CT molecular complexity index is 456. The molecule has 1 saturated carbocycles. The Labute approximate surface area is 126 Å². The summed E-state index contributed by atoms with van der Waals surface area (Å²) in [6.45, 7) is 1.37. The fourth-order valence-corrected chi connectivity index (χ4v) is 3.16. The molecule has 2 N–H and O–H groups in total. The van der Waals surface area contributed by atoms with Crippen LogP contribution in [0.25, 0.3) is 0 Å². The second kappa shape index (κ2) is 7.09. The van der Waals surface area contributed by atoms with Gasteiger partial charge in [0.2, 0.25) is 5.91 Å². The lowest BCUT2D eigenvalue weighted by Crippen LogP contribution is -2.35. The van der Waals surface area contributed by atoms with E-state index in [0.29, 0.717) is 17.5 Å². The quantitative estimate of drug-likeness (QED) is 0.928. The van der Waals surface area contributed by atoms with Crippen molar-refractivity contribution in [3.63, 3.8) is 0 Å². The van der Waals surface area contributed by atoms with Gasteiger partial charge in [0.25, 0.3) is 0 Å². The molecule has 0 bridgehead atoms. The molecule has 0 unspecified atom stereocenters. The third kappa shape index (κ3) is 3.97. The van der Waals surface area contributed by atoms with Crippen LogP contribution in [0, 0.1) is 11.8 Å². The van der Waals surface area contributed by atoms with Gasteiger partial charge in [-0.1, -0.05) is 23.7 Å². The number of hydrogen-bond acceptors (Lipinski definition) is 2. The van der Waals surface area contributed by atoms with E-state index in [1.165, 1.54) is 0 Å². The van der Waals surface area contributed by atoms with Gasteiger partial charge in [-0.2, -0.15) is 0 Å². The molecule has 0 spiro atoms. The Hall–Kier alpha value is -1.06. The monoisotopic (exact) mass is 294 g/mol. The summed E-state index contributed by atoms with van der Waals surface area (Å²) >= 11 is 5.97. The van der Waals surface area contributed by atoms with Crippen molar-refractivity contribution in [3.8, 4) is 0 Å². The summed E-state index contributed by atoms with van der Waals surface area (Å²) < 4.78 is 0. The van der Waals surface area contributed by atoms with E-state index >= 15 is 0 Å². The summed E-state index contributed by atoms with van der Waals surface area (Å²) in [5, 5.41) is 0.715. The molecule has 0 heterocycles. The third-order valence-electron chi connectivity index (χ3n) is 4.21. The van der Waals surface area contributed by atoms with Gasteiger partial charge in [0.1, 0.15) is 0 Å². The SMILES string of the molecule is CN(Cc1cccc(Cl)c1)C(=O)C1CCC(CN)CC1. The molecule has 1 fully saturated rings. The molecule has 1 aromatic rings. The molecule has 1 aliphatic rings. The van der Waals surface area contributed by atoms with Crippen molar-refractivity contribution in [3.05, 3.63) is 34.9 Å². The van der Waals surface area contributed by atoms with Crippen molar-refractivity contribution in [1.82, 2.24) is 4.90 Å². The molecular formula is C16H23ClN2O. The Morgan fingerprint density at radius 3 is 2.65 bits per heavy atom. The van der Waals surface area contributed by atoms with E-state index in [4.69, 9.17) is 17.3 Å². The maximum absolute atomic E-state index is 12.4. The molecule has 1 amide bonds. The third-order valence-corrected chi connectivity index (χ3v) is 4.45. The van der Waals surface area contributed by atoms with Gasteiger partial charge in [0.05, 0.1) is 0 Å². The topological polar surface area (TPSA) is 46.3 Å². The first-order chi connectivity index (χ1) is 9.60. The van der Waals surface area contributed by atoms with Crippen LogP contribution >= 0.6 is 11.6 Å². The number of halogens is 1. The molecule has 1 aromatic carbocycles. The fourth-order valence-electron chi connectivity index (χ4n) is 2.94. The first kappa shape index (κ1) is 15.3. The number of hydrogen-bond donors (Lipinski definition) is 1. The van der Waals surface area contributed by atoms with Crippen LogP contribution in [0.3, 0.4) is 0 Å². The maximum Gasteiger partial charge on any atom is 0.225 e. The first-order valence-corrected chi connectivity index (χ1v) is 7.67. The van der Waals surface area contributed by atoms with E-state index in [-0.39, 0.29) is 11.8 Å². The van der Waals surface area contributed by atoms with Gasteiger partial charge in [-0.15, -0.1) is 0 Å². The molecule has 0 aliphatic heterocycles. The minimum atomic E-state index is 0.169. The number of carbonyl (C=O) groups is 1. The minimum absolute atomic E-state index is 0.169. The largest absolute Gasteiger partial charge is 0.341 e. The Morgan fingerprint density at radius 1 is 1.35 bits per heavy atom. The summed E-state index contributed by atoms with van der Waals surface area (Å²) in [6.07, 6.45) is 4.11. The number of amides is 1. The number of nitrogens with two attached hydrogens (primary N) is 1. The Morgan fingerprint density at radius 2 is 2.05 bits per heavy atom. The van der Waals surface area contributed by atoms with Crippen LogP contribution in [0.15, 0.2) is 24.3 Å². The molecule has 0 aromatic heterocycles. The molecule has 3 nitrogen and oxygen atoms in total. The van der Waals surface area contributed by atoms with Crippen molar-refractivity contribution >= 4 is 17.5 Å². The summed E-state index contributed by atoms with van der Waals surface area (Å²) in [4.78, 5) is 14.3. The van der Waals surface area contributed by atoms with E-state index in [2.05, 4.69) is 0 Å². The van der Waals surface area contributed by atoms with Gasteiger partial charge in [0, 0.05) is 24.5 Å². The molecule has 0 atom stereocenters. The minimum Gasteiger partial charge on any atom is -0.341 e. The molecule has 4 heteroatoms. The summed E-state index contributed by atoms with van der Waals surface area (Å²) in [6, 6.07) is 7.68. The van der Waals surface area contributed by atoms with Crippen molar-refractivity contribution in [1.29, 1.82) is 0 Å². The second-order valence-corrected chi connectivity index (χ2v) is 6.21. The van der Waals surface area contributed by atoms with Crippen LogP contribution in [-0.2, 0) is 11.3 Å². The zero-order chi connectivity index (χ0) is 14.5. The lowest BCUT2D eigenvalue weighted by Gasteiger charge is -2.30. The van der Waals surface area contributed by atoms with Crippen molar-refractivity contribution < 1.29 is 4.79 Å². The van der Waals surface area contributed by atoms with Crippen LogP contribution in [0.4, 0.5) is 0 Å². The van der Waals surface area contributed by atoms with Crippen molar-refractivity contribution in [2.75, 3.05) is 13.6 Å². The zero-order valence-corrected chi connectivity index (χ0v) is 12.8. The van der Waals surface area contributed by atoms with Gasteiger partial charge in [-0.25, -0.2) is 0 Å². The standard InChI is InChI=1S/C16H23ClN2O/c1-19(11-13-3-2-4-15(17)9-13)16(20)14-7-5-12(10-18)6-8-14/h2-4,9,12,14H,5-8,10-11,18H2,1H3. The van der Waals surface area contributed by atoms with Gasteiger partial charge in [0.15, 0.2) is 0 Å². The molecule has 0 saturated heterocycles. The highest BCUT2D eigenvalue weighted by molar-refractivity contribution is 6.30. The Kier molecular flexibility index (Phi) is 5.44. The van der Waals surface area contributed by atoms with Crippen molar-refractivity contribution in [2.24, 2.45) is 17.6 Å². The molecule has 1 aliphatic carbocycles. The van der Waals surface area contributed by atoms with Gasteiger partial charge in [-0.3, -0.25) is 4.79 Å². The van der Waals surface area contributed by atoms with E-state index in [9.17, 15) is 4.79 Å². The highest BCUT2D eigenvalue weighted by Crippen LogP contribution is 2.29. The summed E-state index contributed by atoms with van der Waals surface area (Å²) in [7, 11) is 1.87. The lowest BCUT2D eigenvalue weighted by atomic mass is 9.81. The maximum atomic E-state index is 12.4. The average Bonchev–Trinajstić information content (AvgIpc) is 2.46. The average molecular weight is 295 g/mol. The van der Waals surface area contributed by atoms with Crippen LogP contribution < -0.4 is 5.73 Å². The molecule has 2 rings (SSSR count). The number of carbonyl (C=O) groups excluding carboxylic acids is 1. The molecule has 0 radical (unpaired) electrons. The number of rotatable bonds is 4. The first-order valence-electron chi connectivity index (χ1n) is 7.29. The van der Waals surface area contributed by atoms with Crippen LogP contribution in [0.5, 0.6) is 0 Å².